The first-order valence-corrected chi connectivity index (χ1v) is 5.73. The third-order valence-electron chi connectivity index (χ3n) is 3.64. The molecule has 0 aromatic rings. The molecule has 3 nitrogen and oxygen atoms in total. The van der Waals surface area contributed by atoms with Crippen molar-refractivity contribution in [2.75, 3.05) is 6.54 Å². The molecule has 0 radical (unpaired) electrons. The number of rotatable bonds is 1. The monoisotopic (exact) mass is 196 g/mol. The standard InChI is InChI=1S/C11H20N2O/c1-8-4-5-9(12)10(7-8)13-6-2-3-11(13)14/h8-10H,2-7,12H2,1H3. The van der Waals surface area contributed by atoms with Gasteiger partial charge in [-0.15, -0.1) is 0 Å². The molecule has 1 aliphatic heterocycles. The van der Waals surface area contributed by atoms with Crippen molar-refractivity contribution in [1.82, 2.24) is 4.90 Å². The Hall–Kier alpha value is -0.570. The molecule has 2 aliphatic rings. The van der Waals surface area contributed by atoms with Gasteiger partial charge in [0, 0.05) is 25.0 Å². The zero-order chi connectivity index (χ0) is 10.1. The molecular weight excluding hydrogens is 176 g/mol. The Bertz CT molecular complexity index is 229. The Kier molecular flexibility index (Phi) is 2.77. The number of carbonyl (C=O) groups is 1. The van der Waals surface area contributed by atoms with Gasteiger partial charge in [-0.2, -0.15) is 0 Å². The first-order valence-electron chi connectivity index (χ1n) is 5.73. The van der Waals surface area contributed by atoms with Crippen LogP contribution in [0.4, 0.5) is 0 Å². The minimum Gasteiger partial charge on any atom is -0.338 e. The highest BCUT2D eigenvalue weighted by atomic mass is 16.2. The van der Waals surface area contributed by atoms with Crippen LogP contribution in [0.1, 0.15) is 39.0 Å². The van der Waals surface area contributed by atoms with Crippen molar-refractivity contribution < 1.29 is 4.79 Å². The molecule has 1 heterocycles. The molecule has 3 unspecified atom stereocenters. The second-order valence-corrected chi connectivity index (χ2v) is 4.84. The molecule has 3 atom stereocenters. The summed E-state index contributed by atoms with van der Waals surface area (Å²) in [6, 6.07) is 0.544. The van der Waals surface area contributed by atoms with E-state index in [1.807, 2.05) is 4.90 Å². The van der Waals surface area contributed by atoms with E-state index in [0.29, 0.717) is 11.9 Å². The normalized spacial score (nSPS) is 39.1. The number of hydrogen-bond donors (Lipinski definition) is 1. The van der Waals surface area contributed by atoms with Crippen LogP contribution in [0.5, 0.6) is 0 Å². The minimum atomic E-state index is 0.216. The zero-order valence-corrected chi connectivity index (χ0v) is 8.91. The van der Waals surface area contributed by atoms with Crippen LogP contribution in [0.3, 0.4) is 0 Å². The summed E-state index contributed by atoms with van der Waals surface area (Å²) in [5, 5.41) is 0. The summed E-state index contributed by atoms with van der Waals surface area (Å²) < 4.78 is 0. The Morgan fingerprint density at radius 2 is 2.21 bits per heavy atom. The van der Waals surface area contributed by atoms with Gasteiger partial charge in [-0.05, 0) is 31.6 Å². The van der Waals surface area contributed by atoms with Crippen LogP contribution in [0.25, 0.3) is 0 Å². The fourth-order valence-corrected chi connectivity index (χ4v) is 2.75. The van der Waals surface area contributed by atoms with Crippen LogP contribution in [-0.2, 0) is 4.79 Å². The van der Waals surface area contributed by atoms with Crippen molar-refractivity contribution in [1.29, 1.82) is 0 Å². The maximum atomic E-state index is 11.6. The van der Waals surface area contributed by atoms with E-state index >= 15 is 0 Å². The summed E-state index contributed by atoms with van der Waals surface area (Å²) in [5.74, 6) is 1.05. The summed E-state index contributed by atoms with van der Waals surface area (Å²) in [6.45, 7) is 3.20. The quantitative estimate of drug-likeness (QED) is 0.683. The van der Waals surface area contributed by atoms with Gasteiger partial charge in [0.2, 0.25) is 5.91 Å². The third kappa shape index (κ3) is 1.78. The Balaban J connectivity index is 2.03. The molecule has 0 bridgehead atoms. The molecule has 2 N–H and O–H groups in total. The summed E-state index contributed by atoms with van der Waals surface area (Å²) in [7, 11) is 0. The fourth-order valence-electron chi connectivity index (χ4n) is 2.75. The average Bonchev–Trinajstić information content (AvgIpc) is 2.56. The molecule has 14 heavy (non-hydrogen) atoms. The Morgan fingerprint density at radius 1 is 1.43 bits per heavy atom. The van der Waals surface area contributed by atoms with Gasteiger partial charge >= 0.3 is 0 Å². The molecule has 0 spiro atoms. The lowest BCUT2D eigenvalue weighted by Crippen LogP contribution is -2.51. The number of hydrogen-bond acceptors (Lipinski definition) is 2. The van der Waals surface area contributed by atoms with Crippen LogP contribution in [0.2, 0.25) is 0 Å². The largest absolute Gasteiger partial charge is 0.338 e. The predicted molar refractivity (Wildman–Crippen MR) is 55.7 cm³/mol. The molecule has 3 heteroatoms. The van der Waals surface area contributed by atoms with E-state index in [9.17, 15) is 4.79 Å². The molecule has 0 aromatic carbocycles. The summed E-state index contributed by atoms with van der Waals surface area (Å²) in [5.41, 5.74) is 6.09. The van der Waals surface area contributed by atoms with Gasteiger partial charge in [0.1, 0.15) is 0 Å². The molecule has 1 aliphatic carbocycles. The highest BCUT2D eigenvalue weighted by Crippen LogP contribution is 2.29. The first-order chi connectivity index (χ1) is 6.68. The molecule has 1 amide bonds. The fraction of sp³-hybridized carbons (Fsp3) is 0.909. The molecular formula is C11H20N2O. The van der Waals surface area contributed by atoms with Crippen molar-refractivity contribution in [2.45, 2.75) is 51.1 Å². The van der Waals surface area contributed by atoms with Gasteiger partial charge in [-0.25, -0.2) is 0 Å². The number of nitrogens with two attached hydrogens (primary N) is 1. The third-order valence-corrected chi connectivity index (χ3v) is 3.64. The maximum Gasteiger partial charge on any atom is 0.222 e. The number of carbonyl (C=O) groups excluding carboxylic acids is 1. The minimum absolute atomic E-state index is 0.216. The number of nitrogens with zero attached hydrogens (tertiary/aromatic N) is 1. The van der Waals surface area contributed by atoms with Gasteiger partial charge in [0.05, 0.1) is 0 Å². The van der Waals surface area contributed by atoms with Gasteiger partial charge in [0.15, 0.2) is 0 Å². The summed E-state index contributed by atoms with van der Waals surface area (Å²) in [4.78, 5) is 13.6. The smallest absolute Gasteiger partial charge is 0.222 e. The van der Waals surface area contributed by atoms with Gasteiger partial charge in [0.25, 0.3) is 0 Å². The summed E-state index contributed by atoms with van der Waals surface area (Å²) in [6.07, 6.45) is 5.16. The average molecular weight is 196 g/mol. The molecule has 2 fully saturated rings. The maximum absolute atomic E-state index is 11.6. The van der Waals surface area contributed by atoms with E-state index in [1.165, 1.54) is 6.42 Å². The van der Waals surface area contributed by atoms with Crippen LogP contribution < -0.4 is 5.73 Å². The second-order valence-electron chi connectivity index (χ2n) is 4.84. The van der Waals surface area contributed by atoms with Gasteiger partial charge in [-0.3, -0.25) is 4.79 Å². The van der Waals surface area contributed by atoms with E-state index in [-0.39, 0.29) is 6.04 Å². The Labute approximate surface area is 85.6 Å². The topological polar surface area (TPSA) is 46.3 Å². The highest BCUT2D eigenvalue weighted by Gasteiger charge is 2.35. The van der Waals surface area contributed by atoms with Crippen LogP contribution in [0, 0.1) is 5.92 Å². The van der Waals surface area contributed by atoms with Crippen molar-refractivity contribution in [3.63, 3.8) is 0 Å². The van der Waals surface area contributed by atoms with E-state index in [1.54, 1.807) is 0 Å². The van der Waals surface area contributed by atoms with E-state index in [4.69, 9.17) is 5.73 Å². The molecule has 2 rings (SSSR count). The van der Waals surface area contributed by atoms with E-state index < -0.39 is 0 Å². The van der Waals surface area contributed by atoms with Crippen molar-refractivity contribution in [3.8, 4) is 0 Å². The van der Waals surface area contributed by atoms with Crippen LogP contribution in [-0.4, -0.2) is 29.4 Å². The Morgan fingerprint density at radius 3 is 2.86 bits per heavy atom. The molecule has 1 saturated carbocycles. The molecule has 0 aromatic heterocycles. The van der Waals surface area contributed by atoms with Crippen molar-refractivity contribution >= 4 is 5.91 Å². The molecule has 1 saturated heterocycles. The number of amides is 1. The lowest BCUT2D eigenvalue weighted by Gasteiger charge is -2.38. The van der Waals surface area contributed by atoms with E-state index in [2.05, 4.69) is 6.92 Å². The molecule has 80 valence electrons. The predicted octanol–water partition coefficient (Wildman–Crippen LogP) is 1.12. The van der Waals surface area contributed by atoms with E-state index in [0.717, 1.165) is 38.1 Å². The SMILES string of the molecule is CC1CCC(N)C(N2CCCC2=O)C1. The van der Waals surface area contributed by atoms with Crippen molar-refractivity contribution in [3.05, 3.63) is 0 Å². The van der Waals surface area contributed by atoms with Crippen LogP contribution in [0.15, 0.2) is 0 Å². The second kappa shape index (κ2) is 3.89. The van der Waals surface area contributed by atoms with Gasteiger partial charge in [-0.1, -0.05) is 6.92 Å². The lowest BCUT2D eigenvalue weighted by atomic mass is 9.83. The zero-order valence-electron chi connectivity index (χ0n) is 8.91. The van der Waals surface area contributed by atoms with Gasteiger partial charge < -0.3 is 10.6 Å². The highest BCUT2D eigenvalue weighted by molar-refractivity contribution is 5.78. The van der Waals surface area contributed by atoms with Crippen molar-refractivity contribution in [2.24, 2.45) is 11.7 Å². The first kappa shape index (κ1) is 9.97. The van der Waals surface area contributed by atoms with Crippen LogP contribution >= 0.6 is 0 Å². The summed E-state index contributed by atoms with van der Waals surface area (Å²) >= 11 is 0. The number of likely N-dealkylation sites (tertiary alicyclic amines) is 1. The lowest BCUT2D eigenvalue weighted by molar-refractivity contribution is -0.130.